The highest BCUT2D eigenvalue weighted by Gasteiger charge is 2.21. The minimum Gasteiger partial charge on any atom is -0.370 e. The van der Waals surface area contributed by atoms with Crippen molar-refractivity contribution in [2.75, 3.05) is 17.7 Å². The molecule has 128 valence electrons. The number of anilines is 1. The molecule has 6 nitrogen and oxygen atoms in total. The van der Waals surface area contributed by atoms with E-state index in [4.69, 9.17) is 4.74 Å². The topological polar surface area (TPSA) is 79.9 Å². The van der Waals surface area contributed by atoms with E-state index in [9.17, 15) is 4.79 Å². The lowest BCUT2D eigenvalue weighted by atomic mass is 10.1. The number of hydrogen-bond acceptors (Lipinski definition) is 5. The van der Waals surface area contributed by atoms with E-state index >= 15 is 0 Å². The molecule has 25 heavy (non-hydrogen) atoms. The number of aromatic nitrogens is 3. The molecule has 7 heteroatoms. The van der Waals surface area contributed by atoms with Crippen LogP contribution in [0.15, 0.2) is 47.6 Å². The molecule has 1 fully saturated rings. The van der Waals surface area contributed by atoms with E-state index in [1.165, 1.54) is 11.8 Å². The Morgan fingerprint density at radius 1 is 1.28 bits per heavy atom. The van der Waals surface area contributed by atoms with Gasteiger partial charge in [-0.15, -0.1) is 5.10 Å². The normalized spacial score (nSPS) is 17.0. The Labute approximate surface area is 149 Å². The van der Waals surface area contributed by atoms with Gasteiger partial charge >= 0.3 is 0 Å². The summed E-state index contributed by atoms with van der Waals surface area (Å²) in [5.74, 6) is 0.925. The summed E-state index contributed by atoms with van der Waals surface area (Å²) in [4.78, 5) is 16.6. The van der Waals surface area contributed by atoms with Crippen LogP contribution in [0.5, 0.6) is 0 Å². The number of thioether (sulfide) groups is 1. The SMILES string of the molecule is O=C(CSc1n[nH]c([C@H]2CCCO2)n1)Nc1ccc2ccccc2c1. The van der Waals surface area contributed by atoms with Crippen molar-refractivity contribution in [3.63, 3.8) is 0 Å². The van der Waals surface area contributed by atoms with Gasteiger partial charge in [0, 0.05) is 12.3 Å². The van der Waals surface area contributed by atoms with Crippen LogP contribution in [0.4, 0.5) is 5.69 Å². The average molecular weight is 354 g/mol. The molecular formula is C18H18N4O2S. The predicted octanol–water partition coefficient (Wildman–Crippen LogP) is 3.54. The highest BCUT2D eigenvalue weighted by Crippen LogP contribution is 2.27. The zero-order valence-corrected chi connectivity index (χ0v) is 14.4. The van der Waals surface area contributed by atoms with Crippen LogP contribution >= 0.6 is 11.8 Å². The van der Waals surface area contributed by atoms with Crippen molar-refractivity contribution in [1.82, 2.24) is 15.2 Å². The fraction of sp³-hybridized carbons (Fsp3) is 0.278. The fourth-order valence-electron chi connectivity index (χ4n) is 2.85. The van der Waals surface area contributed by atoms with Gasteiger partial charge in [-0.2, -0.15) is 0 Å². The maximum Gasteiger partial charge on any atom is 0.234 e. The highest BCUT2D eigenvalue weighted by molar-refractivity contribution is 7.99. The third-order valence-electron chi connectivity index (χ3n) is 4.08. The molecule has 1 aliphatic heterocycles. The number of nitrogens with zero attached hydrogens (tertiary/aromatic N) is 2. The summed E-state index contributed by atoms with van der Waals surface area (Å²) in [7, 11) is 0. The number of carbonyl (C=O) groups excluding carboxylic acids is 1. The Morgan fingerprint density at radius 3 is 3.00 bits per heavy atom. The molecule has 1 atom stereocenters. The van der Waals surface area contributed by atoms with Crippen LogP contribution in [-0.4, -0.2) is 33.4 Å². The Kier molecular flexibility index (Phi) is 4.67. The van der Waals surface area contributed by atoms with Gasteiger partial charge in [0.1, 0.15) is 6.10 Å². The molecule has 0 saturated carbocycles. The average Bonchev–Trinajstić information content (AvgIpc) is 3.31. The monoisotopic (exact) mass is 354 g/mol. The lowest BCUT2D eigenvalue weighted by Gasteiger charge is -2.06. The third kappa shape index (κ3) is 3.83. The molecule has 4 rings (SSSR count). The van der Waals surface area contributed by atoms with Gasteiger partial charge in [-0.25, -0.2) is 4.98 Å². The highest BCUT2D eigenvalue weighted by atomic mass is 32.2. The number of ether oxygens (including phenoxy) is 1. The van der Waals surface area contributed by atoms with Crippen LogP contribution in [0, 0.1) is 0 Å². The zero-order chi connectivity index (χ0) is 17.1. The van der Waals surface area contributed by atoms with Crippen molar-refractivity contribution in [2.24, 2.45) is 0 Å². The van der Waals surface area contributed by atoms with E-state index in [1.807, 2.05) is 42.5 Å². The van der Waals surface area contributed by atoms with E-state index < -0.39 is 0 Å². The number of H-pyrrole nitrogens is 1. The summed E-state index contributed by atoms with van der Waals surface area (Å²) in [5.41, 5.74) is 0.791. The lowest BCUT2D eigenvalue weighted by Crippen LogP contribution is -2.14. The third-order valence-corrected chi connectivity index (χ3v) is 4.93. The molecule has 2 aromatic carbocycles. The second kappa shape index (κ2) is 7.25. The molecule has 0 unspecified atom stereocenters. The summed E-state index contributed by atoms with van der Waals surface area (Å²) in [5, 5.41) is 12.8. The van der Waals surface area contributed by atoms with Gasteiger partial charge in [-0.3, -0.25) is 9.89 Å². The van der Waals surface area contributed by atoms with E-state index in [0.717, 1.165) is 41.7 Å². The van der Waals surface area contributed by atoms with Gasteiger partial charge in [-0.1, -0.05) is 42.1 Å². The van der Waals surface area contributed by atoms with E-state index in [1.54, 1.807) is 0 Å². The second-order valence-corrected chi connectivity index (χ2v) is 6.85. The lowest BCUT2D eigenvalue weighted by molar-refractivity contribution is -0.113. The van der Waals surface area contributed by atoms with Crippen LogP contribution in [-0.2, 0) is 9.53 Å². The van der Waals surface area contributed by atoms with Gasteiger partial charge in [0.05, 0.1) is 5.75 Å². The van der Waals surface area contributed by atoms with E-state index in [0.29, 0.717) is 5.16 Å². The second-order valence-electron chi connectivity index (χ2n) is 5.90. The number of benzene rings is 2. The molecule has 0 spiro atoms. The summed E-state index contributed by atoms with van der Waals surface area (Å²) < 4.78 is 5.57. The molecule has 3 aromatic rings. The van der Waals surface area contributed by atoms with Gasteiger partial charge < -0.3 is 10.1 Å². The molecule has 0 bridgehead atoms. The number of nitrogens with one attached hydrogen (secondary N) is 2. The molecule has 0 radical (unpaired) electrons. The number of hydrogen-bond donors (Lipinski definition) is 2. The van der Waals surface area contributed by atoms with E-state index in [2.05, 4.69) is 20.5 Å². The van der Waals surface area contributed by atoms with Crippen LogP contribution in [0.25, 0.3) is 10.8 Å². The fourth-order valence-corrected chi connectivity index (χ4v) is 3.46. The number of rotatable bonds is 5. The van der Waals surface area contributed by atoms with Crippen molar-refractivity contribution >= 4 is 34.1 Å². The summed E-state index contributed by atoms with van der Waals surface area (Å²) in [6.45, 7) is 0.766. The summed E-state index contributed by atoms with van der Waals surface area (Å²) in [6.07, 6.45) is 2.01. The Hall–Kier alpha value is -2.38. The Balaban J connectivity index is 1.34. The van der Waals surface area contributed by atoms with E-state index in [-0.39, 0.29) is 17.8 Å². The largest absolute Gasteiger partial charge is 0.370 e. The first-order chi connectivity index (χ1) is 12.3. The molecule has 0 aliphatic carbocycles. The molecule has 1 aromatic heterocycles. The maximum atomic E-state index is 12.2. The zero-order valence-electron chi connectivity index (χ0n) is 13.6. The van der Waals surface area contributed by atoms with Crippen LogP contribution < -0.4 is 5.32 Å². The smallest absolute Gasteiger partial charge is 0.234 e. The quantitative estimate of drug-likeness (QED) is 0.685. The molecule has 1 aliphatic rings. The van der Waals surface area contributed by atoms with Gasteiger partial charge in [0.15, 0.2) is 5.82 Å². The van der Waals surface area contributed by atoms with Crippen molar-refractivity contribution < 1.29 is 9.53 Å². The van der Waals surface area contributed by atoms with Crippen LogP contribution in [0.1, 0.15) is 24.8 Å². The van der Waals surface area contributed by atoms with Crippen molar-refractivity contribution in [3.8, 4) is 0 Å². The molecule has 1 amide bonds. The number of carbonyl (C=O) groups is 1. The van der Waals surface area contributed by atoms with Crippen molar-refractivity contribution in [3.05, 3.63) is 48.3 Å². The molecule has 2 N–H and O–H groups in total. The van der Waals surface area contributed by atoms with Crippen molar-refractivity contribution in [1.29, 1.82) is 0 Å². The number of fused-ring (bicyclic) bond motifs is 1. The first kappa shape index (κ1) is 16.1. The minimum atomic E-state index is -0.0799. The van der Waals surface area contributed by atoms with Crippen molar-refractivity contribution in [2.45, 2.75) is 24.1 Å². The minimum absolute atomic E-state index is 0.00766. The van der Waals surface area contributed by atoms with Gasteiger partial charge in [0.25, 0.3) is 0 Å². The summed E-state index contributed by atoms with van der Waals surface area (Å²) in [6, 6.07) is 13.9. The molecule has 1 saturated heterocycles. The van der Waals surface area contributed by atoms with Gasteiger partial charge in [-0.05, 0) is 35.7 Å². The first-order valence-corrected chi connectivity index (χ1v) is 9.22. The molecular weight excluding hydrogens is 336 g/mol. The first-order valence-electron chi connectivity index (χ1n) is 8.23. The van der Waals surface area contributed by atoms with Crippen LogP contribution in [0.2, 0.25) is 0 Å². The Bertz CT molecular complexity index is 889. The Morgan fingerprint density at radius 2 is 2.16 bits per heavy atom. The van der Waals surface area contributed by atoms with Gasteiger partial charge in [0.2, 0.25) is 11.1 Å². The standard InChI is InChI=1S/C18H18N4O2S/c23-16(19-14-8-7-12-4-1-2-5-13(12)10-14)11-25-18-20-17(21-22-18)15-6-3-9-24-15/h1-2,4-5,7-8,10,15H,3,6,9,11H2,(H,19,23)(H,20,21,22)/t15-/m1/s1. The summed E-state index contributed by atoms with van der Waals surface area (Å²) >= 11 is 1.31. The predicted molar refractivity (Wildman–Crippen MR) is 97.6 cm³/mol. The number of amides is 1. The number of aromatic amines is 1. The maximum absolute atomic E-state index is 12.2. The molecule has 2 heterocycles. The van der Waals surface area contributed by atoms with Crippen LogP contribution in [0.3, 0.4) is 0 Å².